The Morgan fingerprint density at radius 2 is 1.22 bits per heavy atom. The van der Waals surface area contributed by atoms with Crippen LogP contribution >= 0.6 is 80.7 Å². The summed E-state index contributed by atoms with van der Waals surface area (Å²) in [6.45, 7) is 15.2. The molecule has 4 aromatic rings. The van der Waals surface area contributed by atoms with Gasteiger partial charge in [0, 0.05) is 65.2 Å². The predicted molar refractivity (Wildman–Crippen MR) is 254 cm³/mol. The average molecular weight is 1010 g/mol. The number of piperazine rings is 2. The maximum Gasteiger partial charge on any atom is 0.410 e. The summed E-state index contributed by atoms with van der Waals surface area (Å²) in [6.07, 6.45) is 1.13. The lowest BCUT2D eigenvalue weighted by atomic mass is 10.0. The minimum absolute atomic E-state index is 0.142. The third-order valence-corrected chi connectivity index (χ3v) is 13.2. The molecule has 0 bridgehead atoms. The summed E-state index contributed by atoms with van der Waals surface area (Å²) in [4.78, 5) is 62.1. The molecule has 0 radical (unpaired) electrons. The first-order chi connectivity index (χ1) is 29.8. The number of benzene rings is 2. The van der Waals surface area contributed by atoms with E-state index in [4.69, 9.17) is 72.7 Å². The first kappa shape index (κ1) is 52.0. The van der Waals surface area contributed by atoms with Gasteiger partial charge in [-0.1, -0.05) is 86.2 Å². The van der Waals surface area contributed by atoms with E-state index in [1.807, 2.05) is 28.0 Å². The normalized spacial score (nSPS) is 16.2. The number of hydrogen-bond donors (Lipinski definition) is 3. The van der Waals surface area contributed by atoms with Crippen LogP contribution in [0.4, 0.5) is 19.9 Å². The number of carboxylic acid groups (broad SMARTS) is 2. The third-order valence-electron chi connectivity index (χ3n) is 9.39. The summed E-state index contributed by atoms with van der Waals surface area (Å²) in [6, 6.07) is 9.40. The summed E-state index contributed by atoms with van der Waals surface area (Å²) in [5, 5.41) is 25.5. The van der Waals surface area contributed by atoms with Crippen LogP contribution in [0.2, 0.25) is 20.1 Å². The van der Waals surface area contributed by atoms with Crippen molar-refractivity contribution in [1.82, 2.24) is 20.2 Å². The van der Waals surface area contributed by atoms with Crippen LogP contribution in [-0.4, -0.2) is 113 Å². The van der Waals surface area contributed by atoms with Crippen LogP contribution in [0.15, 0.2) is 36.4 Å². The van der Waals surface area contributed by atoms with Crippen molar-refractivity contribution in [3.63, 3.8) is 0 Å². The van der Waals surface area contributed by atoms with Crippen LogP contribution in [0.3, 0.4) is 0 Å². The van der Waals surface area contributed by atoms with Gasteiger partial charge in [-0.15, -0.1) is 22.7 Å². The number of carbonyl (C=O) groups excluding carboxylic acids is 2. The van der Waals surface area contributed by atoms with Crippen molar-refractivity contribution in [3.05, 3.63) is 66.2 Å². The molecule has 2 aromatic carbocycles. The number of amides is 1. The van der Waals surface area contributed by atoms with Crippen LogP contribution < -0.4 is 15.1 Å². The quantitative estimate of drug-likeness (QED) is 0.115. The number of aliphatic carboxylic acids is 2. The van der Waals surface area contributed by atoms with Crippen molar-refractivity contribution in [2.75, 3.05) is 62.3 Å². The molecule has 3 N–H and O–H groups in total. The van der Waals surface area contributed by atoms with Crippen molar-refractivity contribution >= 4 is 114 Å². The van der Waals surface area contributed by atoms with Crippen molar-refractivity contribution in [2.24, 2.45) is 11.8 Å². The number of nitrogens with zero attached hydrogens (tertiary/aromatic N) is 5. The average Bonchev–Trinajstić information content (AvgIpc) is 3.84. The number of rotatable bonds is 12. The lowest BCUT2D eigenvalue weighted by Crippen LogP contribution is -2.58. The Balaban J connectivity index is 0.000000248. The lowest BCUT2D eigenvalue weighted by molar-refractivity contribution is -0.143. The Bertz CT molecular complexity index is 2210. The van der Waals surface area contributed by atoms with Gasteiger partial charge in [0.25, 0.3) is 0 Å². The molecule has 2 atom stereocenters. The Morgan fingerprint density at radius 1 is 0.730 bits per heavy atom. The number of ether oxygens (including phenoxy) is 2. The molecule has 2 fully saturated rings. The zero-order valence-electron chi connectivity index (χ0n) is 35.6. The summed E-state index contributed by atoms with van der Waals surface area (Å²) >= 11 is 32.4. The molecule has 6 rings (SSSR count). The van der Waals surface area contributed by atoms with Crippen LogP contribution in [0.1, 0.15) is 51.3 Å². The molecule has 2 saturated heterocycles. The van der Waals surface area contributed by atoms with Gasteiger partial charge in [0.15, 0.2) is 10.3 Å². The zero-order chi connectivity index (χ0) is 46.5. The maximum absolute atomic E-state index is 12.2. The first-order valence-electron chi connectivity index (χ1n) is 20.2. The number of hydrogen-bond acceptors (Lipinski definition) is 13. The summed E-state index contributed by atoms with van der Waals surface area (Å²) < 4.78 is 9.19. The molecule has 63 heavy (non-hydrogen) atoms. The largest absolute Gasteiger partial charge is 0.480 e. The van der Waals surface area contributed by atoms with E-state index >= 15 is 0 Å². The number of nitrogens with one attached hydrogen (secondary N) is 1. The number of thiazole rings is 2. The molecular weight excluding hydrogens is 958 g/mol. The van der Waals surface area contributed by atoms with Gasteiger partial charge >= 0.3 is 23.5 Å². The second kappa shape index (κ2) is 24.6. The second-order valence-corrected chi connectivity index (χ2v) is 19.2. The number of anilines is 2. The fourth-order valence-electron chi connectivity index (χ4n) is 6.50. The van der Waals surface area contributed by atoms with E-state index in [1.165, 1.54) is 9.78 Å². The highest BCUT2D eigenvalue weighted by atomic mass is 35.5. The SMILES string of the molecule is CC(C)Cc1sc(N2CCNC(C(=O)O)C2)nc1-c1ccc(Cl)c(Cl)c1.CCOC(=O)Cl.CCOC(=O)N1CCN(c2nc(-c3ccc(Cl)c(Cl)c3)c(CC(C)C)s2)CC1C(=O)O. The molecule has 14 nitrogen and oxygen atoms in total. The Morgan fingerprint density at radius 3 is 1.62 bits per heavy atom. The summed E-state index contributed by atoms with van der Waals surface area (Å²) in [5.41, 5.74) is 2.79. The van der Waals surface area contributed by atoms with Crippen LogP contribution in [-0.2, 0) is 31.9 Å². The monoisotopic (exact) mass is 1010 g/mol. The fraction of sp³-hybridized carbons (Fsp3) is 0.476. The standard InChI is InChI=1S/C21H25Cl2N3O4S.C18H21Cl2N3O2S.C3H5ClO2/c1-4-30-21(29)26-8-7-25(11-16(26)19(27)28)20-24-18(17(31-20)9-12(2)3)13-5-6-14(22)15(23)10-13;1-10(2)7-15-16(11-3-4-12(19)13(20)8-11)22-18(26-15)23-6-5-21-14(9-23)17(24)25;1-2-6-3(4)5/h5-6,10,12,16H,4,7-9,11H2,1-3H3,(H,27,28);3-4,8,10,14,21H,5-7,9H2,1-2H3,(H,24,25);2H2,1H3. The topological polar surface area (TPSA) is 175 Å². The van der Waals surface area contributed by atoms with Crippen LogP contribution in [0, 0.1) is 11.8 Å². The van der Waals surface area contributed by atoms with Crippen molar-refractivity contribution in [1.29, 1.82) is 0 Å². The van der Waals surface area contributed by atoms with Gasteiger partial charge in [0.05, 0.1) is 51.2 Å². The lowest BCUT2D eigenvalue weighted by Gasteiger charge is -2.38. The van der Waals surface area contributed by atoms with E-state index in [9.17, 15) is 29.4 Å². The molecule has 2 aliphatic rings. The van der Waals surface area contributed by atoms with Crippen molar-refractivity contribution in [3.8, 4) is 22.5 Å². The zero-order valence-corrected chi connectivity index (χ0v) is 41.0. The molecule has 2 aromatic heterocycles. The molecule has 0 saturated carbocycles. The minimum atomic E-state index is -1.07. The highest BCUT2D eigenvalue weighted by molar-refractivity contribution is 7.16. The van der Waals surface area contributed by atoms with Gasteiger partial charge in [-0.3, -0.25) is 9.69 Å². The number of aromatic nitrogens is 2. The van der Waals surface area contributed by atoms with Gasteiger partial charge in [-0.05, 0) is 62.8 Å². The predicted octanol–water partition coefficient (Wildman–Crippen LogP) is 10.6. The van der Waals surface area contributed by atoms with Gasteiger partial charge in [-0.25, -0.2) is 24.4 Å². The van der Waals surface area contributed by atoms with Gasteiger partial charge < -0.3 is 34.8 Å². The highest BCUT2D eigenvalue weighted by Gasteiger charge is 2.37. The molecule has 4 heterocycles. The molecule has 0 aliphatic carbocycles. The van der Waals surface area contributed by atoms with E-state index < -0.39 is 35.5 Å². The summed E-state index contributed by atoms with van der Waals surface area (Å²) in [7, 11) is 0. The van der Waals surface area contributed by atoms with E-state index in [0.717, 1.165) is 57.0 Å². The Kier molecular flexibility index (Phi) is 20.3. The number of carbonyl (C=O) groups is 4. The molecule has 2 aliphatic heterocycles. The molecule has 2 unspecified atom stereocenters. The smallest absolute Gasteiger partial charge is 0.410 e. The van der Waals surface area contributed by atoms with E-state index in [1.54, 1.807) is 54.7 Å². The molecule has 21 heteroatoms. The number of halogens is 5. The van der Waals surface area contributed by atoms with Crippen LogP contribution in [0.25, 0.3) is 22.5 Å². The van der Waals surface area contributed by atoms with E-state index in [-0.39, 0.29) is 19.7 Å². The highest BCUT2D eigenvalue weighted by Crippen LogP contribution is 2.39. The first-order valence-corrected chi connectivity index (χ1v) is 23.7. The minimum Gasteiger partial charge on any atom is -0.480 e. The molecular formula is C42H51Cl5N6O8S2. The number of carboxylic acids is 2. The van der Waals surface area contributed by atoms with E-state index in [2.05, 4.69) is 37.7 Å². The Hall–Kier alpha value is -3.61. The second-order valence-electron chi connectivity index (χ2n) is 15.1. The summed E-state index contributed by atoms with van der Waals surface area (Å²) in [5.74, 6) is -0.998. The van der Waals surface area contributed by atoms with Crippen molar-refractivity contribution in [2.45, 2.75) is 66.5 Å². The maximum atomic E-state index is 12.2. The van der Waals surface area contributed by atoms with Gasteiger partial charge in [0.2, 0.25) is 0 Å². The van der Waals surface area contributed by atoms with Crippen molar-refractivity contribution < 1.29 is 38.9 Å². The molecule has 0 spiro atoms. The van der Waals surface area contributed by atoms with Gasteiger partial charge in [0.1, 0.15) is 12.1 Å². The van der Waals surface area contributed by atoms with E-state index in [0.29, 0.717) is 58.2 Å². The van der Waals surface area contributed by atoms with Crippen LogP contribution in [0.5, 0.6) is 0 Å². The third kappa shape index (κ3) is 15.0. The Labute approximate surface area is 400 Å². The van der Waals surface area contributed by atoms with Gasteiger partial charge in [-0.2, -0.15) is 0 Å². The fourth-order valence-corrected chi connectivity index (χ4v) is 9.86. The molecule has 344 valence electrons. The molecule has 1 amide bonds.